The van der Waals surface area contributed by atoms with Gasteiger partial charge in [-0.3, -0.25) is 15.1 Å². The number of hydrogen-bond acceptors (Lipinski definition) is 6. The van der Waals surface area contributed by atoms with Crippen molar-refractivity contribution >= 4 is 28.0 Å². The smallest absolute Gasteiger partial charge is 0.161 e. The zero-order chi connectivity index (χ0) is 27.7. The molecular weight excluding hydrogens is 491 g/mol. The molecule has 4 aromatic heterocycles. The molecule has 8 nitrogen and oxygen atoms in total. The summed E-state index contributed by atoms with van der Waals surface area (Å²) in [5.74, 6) is -0.0147. The van der Waals surface area contributed by atoms with Crippen molar-refractivity contribution in [3.63, 3.8) is 0 Å². The molecule has 0 radical (unpaired) electrons. The van der Waals surface area contributed by atoms with Crippen LogP contribution >= 0.6 is 0 Å². The van der Waals surface area contributed by atoms with Gasteiger partial charge >= 0.3 is 0 Å². The lowest BCUT2D eigenvalue weighted by molar-refractivity contribution is 0.638. The van der Waals surface area contributed by atoms with E-state index in [2.05, 4.69) is 55.5 Å². The van der Waals surface area contributed by atoms with Crippen molar-refractivity contribution in [1.82, 2.24) is 35.0 Å². The van der Waals surface area contributed by atoms with Crippen LogP contribution in [0.2, 0.25) is 0 Å². The summed E-state index contributed by atoms with van der Waals surface area (Å²) in [6.45, 7) is 17.9. The molecule has 0 amide bonds. The van der Waals surface area contributed by atoms with E-state index >= 15 is 4.39 Å². The molecule has 5 rings (SSSR count). The van der Waals surface area contributed by atoms with Gasteiger partial charge in [-0.15, -0.1) is 0 Å². The van der Waals surface area contributed by atoms with Gasteiger partial charge < -0.3 is 15.2 Å². The van der Waals surface area contributed by atoms with Crippen molar-refractivity contribution in [2.45, 2.75) is 33.6 Å². The molecule has 4 heterocycles. The Morgan fingerprint density at radius 2 is 1.97 bits per heavy atom. The van der Waals surface area contributed by atoms with Crippen molar-refractivity contribution in [2.24, 2.45) is 5.92 Å². The van der Waals surface area contributed by atoms with Crippen molar-refractivity contribution in [1.29, 1.82) is 0 Å². The second-order valence-electron chi connectivity index (χ2n) is 9.73. The second-order valence-corrected chi connectivity index (χ2v) is 9.73. The number of imidazole rings is 1. The molecular formula is C30H31FN8. The van der Waals surface area contributed by atoms with Crippen LogP contribution in [-0.2, 0) is 0 Å². The minimum Gasteiger partial charge on any atom is -0.358 e. The molecule has 0 aliphatic heterocycles. The Balaban J connectivity index is 1.45. The van der Waals surface area contributed by atoms with Gasteiger partial charge in [-0.05, 0) is 57.2 Å². The molecule has 1 aliphatic rings. The van der Waals surface area contributed by atoms with Crippen molar-refractivity contribution < 1.29 is 4.39 Å². The molecule has 0 atom stereocenters. The molecule has 0 saturated heterocycles. The molecule has 1 fully saturated rings. The zero-order valence-electron chi connectivity index (χ0n) is 22.3. The summed E-state index contributed by atoms with van der Waals surface area (Å²) in [4.78, 5) is 13.0. The largest absolute Gasteiger partial charge is 0.358 e. The molecule has 0 unspecified atom stereocenters. The third-order valence-corrected chi connectivity index (χ3v) is 6.77. The molecule has 9 heteroatoms. The number of aryl methyl sites for hydroxylation is 1. The molecule has 0 aromatic carbocycles. The van der Waals surface area contributed by atoms with Crippen LogP contribution in [-0.4, -0.2) is 29.7 Å². The number of anilines is 1. The fraction of sp³-hybridized carbons (Fsp3) is 0.200. The monoisotopic (exact) mass is 522 g/mol. The average Bonchev–Trinajstić information content (AvgIpc) is 3.54. The minimum atomic E-state index is -0.501. The number of allylic oxidation sites excluding steroid dienone is 6. The van der Waals surface area contributed by atoms with Crippen LogP contribution in [0.5, 0.6) is 0 Å². The predicted molar refractivity (Wildman–Crippen MR) is 155 cm³/mol. The van der Waals surface area contributed by atoms with Crippen LogP contribution in [0.1, 0.15) is 38.1 Å². The van der Waals surface area contributed by atoms with Gasteiger partial charge in [0.25, 0.3) is 0 Å². The normalized spacial score (nSPS) is 14.2. The van der Waals surface area contributed by atoms with Crippen LogP contribution < -0.4 is 10.6 Å². The summed E-state index contributed by atoms with van der Waals surface area (Å²) in [5, 5.41) is 14.1. The summed E-state index contributed by atoms with van der Waals surface area (Å²) in [5.41, 5.74) is 7.29. The van der Waals surface area contributed by atoms with E-state index < -0.39 is 5.82 Å². The van der Waals surface area contributed by atoms with E-state index in [1.807, 2.05) is 43.7 Å². The van der Waals surface area contributed by atoms with Gasteiger partial charge in [-0.25, -0.2) is 9.37 Å². The fourth-order valence-electron chi connectivity index (χ4n) is 4.39. The summed E-state index contributed by atoms with van der Waals surface area (Å²) in [6.07, 6.45) is 14.5. The van der Waals surface area contributed by atoms with Crippen molar-refractivity contribution in [3.05, 3.63) is 103 Å². The van der Waals surface area contributed by atoms with Gasteiger partial charge in [0.15, 0.2) is 5.82 Å². The highest BCUT2D eigenvalue weighted by Gasteiger charge is 2.25. The fourth-order valence-corrected chi connectivity index (χ4v) is 4.39. The standard InChI is InChI=1S/C30H31FN8/c1-7-8-26(39-15-17(2)34-16-39)18(3)19(4)35-21(6)29-27-25(37-38-29)14-33-30(28(27)31)23-11-24(13-32-12-23)36-20(5)22-9-10-22/h7-8,11-16,22,35-36H,1,5-6,9-10H2,2-4H3,(H,37,38)/b19-18+,26-8+. The van der Waals surface area contributed by atoms with Gasteiger partial charge in [0.2, 0.25) is 0 Å². The number of aromatic nitrogens is 6. The van der Waals surface area contributed by atoms with Crippen molar-refractivity contribution in [3.8, 4) is 11.3 Å². The van der Waals surface area contributed by atoms with E-state index in [1.165, 1.54) is 0 Å². The maximum absolute atomic E-state index is 16.0. The number of hydrogen-bond donors (Lipinski definition) is 3. The number of nitrogens with one attached hydrogen (secondary N) is 3. The lowest BCUT2D eigenvalue weighted by Crippen LogP contribution is -2.13. The Morgan fingerprint density at radius 3 is 2.67 bits per heavy atom. The van der Waals surface area contributed by atoms with Crippen molar-refractivity contribution in [2.75, 3.05) is 5.32 Å². The number of H-pyrrole nitrogens is 1. The van der Waals surface area contributed by atoms with E-state index in [0.29, 0.717) is 33.8 Å². The van der Waals surface area contributed by atoms with E-state index in [1.54, 1.807) is 31.0 Å². The first kappa shape index (κ1) is 25.8. The number of aromatic amines is 1. The van der Waals surface area contributed by atoms with Crippen LogP contribution in [0.3, 0.4) is 0 Å². The van der Waals surface area contributed by atoms with Crippen LogP contribution in [0.25, 0.3) is 33.6 Å². The first-order valence-electron chi connectivity index (χ1n) is 12.7. The highest BCUT2D eigenvalue weighted by molar-refractivity contribution is 5.92. The number of halogens is 1. The van der Waals surface area contributed by atoms with E-state index in [0.717, 1.165) is 46.9 Å². The second kappa shape index (κ2) is 10.5. The Labute approximate surface area is 226 Å². The van der Waals surface area contributed by atoms with Gasteiger partial charge in [-0.2, -0.15) is 5.10 Å². The SMILES string of the molecule is C=C/C=C(\C(C)=C(/C)NC(=C)c1n[nH]c2cnc(-c3cncc(NC(=C)C4CC4)c3)c(F)c12)n1cnc(C)c1. The van der Waals surface area contributed by atoms with Gasteiger partial charge in [-0.1, -0.05) is 25.8 Å². The maximum atomic E-state index is 16.0. The highest BCUT2D eigenvalue weighted by Crippen LogP contribution is 2.36. The number of rotatable bonds is 10. The van der Waals surface area contributed by atoms with Gasteiger partial charge in [0, 0.05) is 29.4 Å². The highest BCUT2D eigenvalue weighted by atomic mass is 19.1. The zero-order valence-corrected chi connectivity index (χ0v) is 22.3. The number of fused-ring (bicyclic) bond motifs is 1. The number of pyridine rings is 2. The van der Waals surface area contributed by atoms with Crippen LogP contribution in [0.15, 0.2) is 86.0 Å². The lowest BCUT2D eigenvalue weighted by atomic mass is 10.1. The van der Waals surface area contributed by atoms with E-state index in [4.69, 9.17) is 0 Å². The molecule has 1 aliphatic carbocycles. The summed E-state index contributed by atoms with van der Waals surface area (Å²) < 4.78 is 17.9. The minimum absolute atomic E-state index is 0.182. The van der Waals surface area contributed by atoms with E-state index in [-0.39, 0.29) is 5.69 Å². The lowest BCUT2D eigenvalue weighted by Gasteiger charge is -2.15. The first-order valence-corrected chi connectivity index (χ1v) is 12.7. The predicted octanol–water partition coefficient (Wildman–Crippen LogP) is 6.58. The molecule has 0 bridgehead atoms. The summed E-state index contributed by atoms with van der Waals surface area (Å²) in [6, 6.07) is 1.83. The molecule has 3 N–H and O–H groups in total. The number of nitrogens with zero attached hydrogens (tertiary/aromatic N) is 5. The van der Waals surface area contributed by atoms with Crippen LogP contribution in [0, 0.1) is 18.7 Å². The van der Waals surface area contributed by atoms with E-state index in [9.17, 15) is 0 Å². The topological polar surface area (TPSA) is 96.3 Å². The first-order chi connectivity index (χ1) is 18.8. The Kier molecular flexibility index (Phi) is 6.98. The maximum Gasteiger partial charge on any atom is 0.161 e. The summed E-state index contributed by atoms with van der Waals surface area (Å²) >= 11 is 0. The summed E-state index contributed by atoms with van der Waals surface area (Å²) in [7, 11) is 0. The van der Waals surface area contributed by atoms with Crippen LogP contribution in [0.4, 0.5) is 10.1 Å². The quantitative estimate of drug-likeness (QED) is 0.204. The Bertz CT molecular complexity index is 1670. The Morgan fingerprint density at radius 1 is 1.18 bits per heavy atom. The van der Waals surface area contributed by atoms with Gasteiger partial charge in [0.05, 0.1) is 52.4 Å². The third-order valence-electron chi connectivity index (χ3n) is 6.77. The average molecular weight is 523 g/mol. The third kappa shape index (κ3) is 5.29. The Hall–Kier alpha value is -4.79. The molecule has 0 spiro atoms. The molecule has 4 aromatic rings. The molecule has 1 saturated carbocycles. The van der Waals surface area contributed by atoms with Gasteiger partial charge in [0.1, 0.15) is 11.4 Å². The molecule has 198 valence electrons. The molecule has 39 heavy (non-hydrogen) atoms.